The standard InChI is InChI=1S/C18H21N7O2S/c26-28(27,16-6-5-14-3-1-2-4-15(14)13-16)24-11-9-23(10-12-24)18-8-7-17-19-21-22-25(17)20-18/h5-8,13H,1-4,9-12H2. The Labute approximate surface area is 163 Å². The van der Waals surface area contributed by atoms with Crippen molar-refractivity contribution in [3.63, 3.8) is 0 Å². The van der Waals surface area contributed by atoms with E-state index in [-0.39, 0.29) is 0 Å². The quantitative estimate of drug-likeness (QED) is 0.646. The van der Waals surface area contributed by atoms with E-state index in [1.165, 1.54) is 22.2 Å². The summed E-state index contributed by atoms with van der Waals surface area (Å²) in [6, 6.07) is 9.29. The summed E-state index contributed by atoms with van der Waals surface area (Å²) in [7, 11) is -3.48. The van der Waals surface area contributed by atoms with E-state index < -0.39 is 10.0 Å². The van der Waals surface area contributed by atoms with E-state index in [0.29, 0.717) is 36.7 Å². The maximum Gasteiger partial charge on any atom is 0.243 e. The Bertz CT molecular complexity index is 1120. The van der Waals surface area contributed by atoms with Gasteiger partial charge in [0.1, 0.15) is 0 Å². The molecular formula is C18H21N7O2S. The smallest absolute Gasteiger partial charge is 0.243 e. The lowest BCUT2D eigenvalue weighted by atomic mass is 9.92. The van der Waals surface area contributed by atoms with Crippen LogP contribution in [0.25, 0.3) is 5.65 Å². The molecule has 146 valence electrons. The van der Waals surface area contributed by atoms with Crippen molar-refractivity contribution in [3.8, 4) is 0 Å². The fraction of sp³-hybridized carbons (Fsp3) is 0.444. The van der Waals surface area contributed by atoms with E-state index in [2.05, 4.69) is 25.5 Å². The predicted octanol–water partition coefficient (Wildman–Crippen LogP) is 0.909. The van der Waals surface area contributed by atoms with Gasteiger partial charge in [0.15, 0.2) is 11.5 Å². The highest BCUT2D eigenvalue weighted by molar-refractivity contribution is 7.89. The van der Waals surface area contributed by atoms with Gasteiger partial charge in [-0.05, 0) is 71.5 Å². The first-order valence-corrected chi connectivity index (χ1v) is 11.0. The molecule has 0 N–H and O–H groups in total. The van der Waals surface area contributed by atoms with E-state index in [1.807, 2.05) is 18.2 Å². The average molecular weight is 399 g/mol. The third-order valence-corrected chi connectivity index (χ3v) is 7.47. The van der Waals surface area contributed by atoms with Crippen LogP contribution in [0.1, 0.15) is 24.0 Å². The number of benzene rings is 1. The Morgan fingerprint density at radius 1 is 0.893 bits per heavy atom. The van der Waals surface area contributed by atoms with Crippen LogP contribution >= 0.6 is 0 Å². The molecule has 3 aromatic rings. The molecule has 0 amide bonds. The Kier molecular flexibility index (Phi) is 4.24. The van der Waals surface area contributed by atoms with Gasteiger partial charge in [-0.1, -0.05) is 6.07 Å². The summed E-state index contributed by atoms with van der Waals surface area (Å²) in [6.45, 7) is 2.00. The first kappa shape index (κ1) is 17.5. The van der Waals surface area contributed by atoms with Gasteiger partial charge in [0.25, 0.3) is 0 Å². The van der Waals surface area contributed by atoms with Gasteiger partial charge in [0.05, 0.1) is 4.90 Å². The number of fused-ring (bicyclic) bond motifs is 2. The molecule has 9 nitrogen and oxygen atoms in total. The topological polar surface area (TPSA) is 96.6 Å². The van der Waals surface area contributed by atoms with Crippen molar-refractivity contribution in [2.24, 2.45) is 0 Å². The molecule has 0 radical (unpaired) electrons. The first-order chi connectivity index (χ1) is 13.6. The van der Waals surface area contributed by atoms with Crippen LogP contribution in [0, 0.1) is 0 Å². The number of tetrazole rings is 1. The number of hydrogen-bond donors (Lipinski definition) is 0. The third kappa shape index (κ3) is 3.02. The van der Waals surface area contributed by atoms with Crippen LogP contribution in [0.3, 0.4) is 0 Å². The van der Waals surface area contributed by atoms with Gasteiger partial charge in [-0.3, -0.25) is 0 Å². The molecule has 1 saturated heterocycles. The van der Waals surface area contributed by atoms with Crippen LogP contribution in [-0.4, -0.2) is 64.2 Å². The molecule has 28 heavy (non-hydrogen) atoms. The van der Waals surface area contributed by atoms with Crippen molar-refractivity contribution >= 4 is 21.5 Å². The molecule has 1 aliphatic carbocycles. The Morgan fingerprint density at radius 3 is 2.50 bits per heavy atom. The number of sulfonamides is 1. The van der Waals surface area contributed by atoms with Crippen molar-refractivity contribution in [3.05, 3.63) is 41.5 Å². The number of anilines is 1. The lowest BCUT2D eigenvalue weighted by Gasteiger charge is -2.34. The number of nitrogens with zero attached hydrogens (tertiary/aromatic N) is 7. The molecule has 1 aliphatic heterocycles. The second-order valence-electron chi connectivity index (χ2n) is 7.25. The Balaban J connectivity index is 1.32. The van der Waals surface area contributed by atoms with Crippen LogP contribution in [0.15, 0.2) is 35.2 Å². The summed E-state index contributed by atoms with van der Waals surface area (Å²) in [5.74, 6) is 0.741. The zero-order valence-electron chi connectivity index (χ0n) is 15.4. The van der Waals surface area contributed by atoms with Crippen molar-refractivity contribution in [2.45, 2.75) is 30.6 Å². The minimum absolute atomic E-state index is 0.412. The van der Waals surface area contributed by atoms with Gasteiger partial charge in [0.2, 0.25) is 10.0 Å². The van der Waals surface area contributed by atoms with Crippen molar-refractivity contribution < 1.29 is 8.42 Å². The molecule has 2 aliphatic rings. The van der Waals surface area contributed by atoms with E-state index in [4.69, 9.17) is 0 Å². The van der Waals surface area contributed by atoms with Gasteiger partial charge < -0.3 is 4.90 Å². The summed E-state index contributed by atoms with van der Waals surface area (Å²) < 4.78 is 29.2. The second-order valence-corrected chi connectivity index (χ2v) is 9.18. The minimum atomic E-state index is -3.48. The summed E-state index contributed by atoms with van der Waals surface area (Å²) in [5.41, 5.74) is 3.06. The number of hydrogen-bond acceptors (Lipinski definition) is 7. The zero-order valence-corrected chi connectivity index (χ0v) is 16.2. The summed E-state index contributed by atoms with van der Waals surface area (Å²) in [5, 5.41) is 15.6. The van der Waals surface area contributed by atoms with E-state index >= 15 is 0 Å². The molecule has 0 saturated carbocycles. The lowest BCUT2D eigenvalue weighted by molar-refractivity contribution is 0.383. The normalized spacial score (nSPS) is 18.4. The molecule has 3 heterocycles. The highest BCUT2D eigenvalue weighted by Crippen LogP contribution is 2.26. The molecule has 0 bridgehead atoms. The van der Waals surface area contributed by atoms with Crippen LogP contribution in [0.5, 0.6) is 0 Å². The lowest BCUT2D eigenvalue weighted by Crippen LogP contribution is -2.49. The molecule has 0 atom stereocenters. The maximum absolute atomic E-state index is 13.1. The average Bonchev–Trinajstić information content (AvgIpc) is 3.21. The highest BCUT2D eigenvalue weighted by Gasteiger charge is 2.29. The molecule has 10 heteroatoms. The van der Waals surface area contributed by atoms with Gasteiger partial charge in [0, 0.05) is 26.2 Å². The number of rotatable bonds is 3. The van der Waals surface area contributed by atoms with Gasteiger partial charge in [-0.25, -0.2) is 8.42 Å². The third-order valence-electron chi connectivity index (χ3n) is 5.58. The van der Waals surface area contributed by atoms with Gasteiger partial charge in [-0.2, -0.15) is 4.31 Å². The van der Waals surface area contributed by atoms with Crippen LogP contribution in [0.2, 0.25) is 0 Å². The zero-order chi connectivity index (χ0) is 19.1. The largest absolute Gasteiger partial charge is 0.352 e. The van der Waals surface area contributed by atoms with E-state index in [1.54, 1.807) is 16.4 Å². The van der Waals surface area contributed by atoms with Gasteiger partial charge >= 0.3 is 0 Å². The molecule has 2 aromatic heterocycles. The van der Waals surface area contributed by atoms with Crippen molar-refractivity contribution in [1.82, 2.24) is 29.6 Å². The number of aryl methyl sites for hydroxylation is 2. The number of piperazine rings is 1. The predicted molar refractivity (Wildman–Crippen MR) is 103 cm³/mol. The molecule has 1 fully saturated rings. The summed E-state index contributed by atoms with van der Waals surface area (Å²) >= 11 is 0. The molecule has 1 aromatic carbocycles. The Hall–Kier alpha value is -2.59. The SMILES string of the molecule is O=S(=O)(c1ccc2c(c1)CCCC2)N1CCN(c2ccc3nnnn3n2)CC1. The number of aromatic nitrogens is 5. The summed E-state index contributed by atoms with van der Waals surface area (Å²) in [4.78, 5) is 2.47. The maximum atomic E-state index is 13.1. The minimum Gasteiger partial charge on any atom is -0.352 e. The Morgan fingerprint density at radius 2 is 1.68 bits per heavy atom. The molecule has 0 spiro atoms. The van der Waals surface area contributed by atoms with Crippen molar-refractivity contribution in [2.75, 3.05) is 31.1 Å². The van der Waals surface area contributed by atoms with Crippen LogP contribution in [-0.2, 0) is 22.9 Å². The highest BCUT2D eigenvalue weighted by atomic mass is 32.2. The first-order valence-electron chi connectivity index (χ1n) is 9.54. The second kappa shape index (κ2) is 6.78. The fourth-order valence-electron chi connectivity index (χ4n) is 3.99. The molecule has 5 rings (SSSR count). The summed E-state index contributed by atoms with van der Waals surface area (Å²) in [6.07, 6.45) is 4.34. The fourth-order valence-corrected chi connectivity index (χ4v) is 5.46. The van der Waals surface area contributed by atoms with Crippen molar-refractivity contribution in [1.29, 1.82) is 0 Å². The molecule has 0 unspecified atom stereocenters. The van der Waals surface area contributed by atoms with Crippen LogP contribution < -0.4 is 4.90 Å². The van der Waals surface area contributed by atoms with Gasteiger partial charge in [-0.15, -0.1) is 14.8 Å². The van der Waals surface area contributed by atoms with E-state index in [0.717, 1.165) is 25.1 Å². The monoisotopic (exact) mass is 399 g/mol. The van der Waals surface area contributed by atoms with Crippen LogP contribution in [0.4, 0.5) is 5.82 Å². The molecular weight excluding hydrogens is 378 g/mol. The van der Waals surface area contributed by atoms with E-state index in [9.17, 15) is 8.42 Å².